The molecule has 134 valence electrons. The van der Waals surface area contributed by atoms with Crippen LogP contribution >= 0.6 is 0 Å². The van der Waals surface area contributed by atoms with Crippen molar-refractivity contribution in [3.63, 3.8) is 0 Å². The van der Waals surface area contributed by atoms with Gasteiger partial charge in [-0.2, -0.15) is 0 Å². The number of hydrogen-bond acceptors (Lipinski definition) is 0. The standard InChI is InChI=1S/C23H42/c1-3-5-6-9-21-16-18-23(19-17-21)11-8-7-10-22-14-12-20(4-2)13-15-22/h3,5,20-23H,4,6-19H2,1-2H3/b5-3+. The lowest BCUT2D eigenvalue weighted by Crippen LogP contribution is -2.15. The number of unbranched alkanes of at least 4 members (excludes halogenated alkanes) is 1. The molecule has 0 aliphatic heterocycles. The molecule has 2 aliphatic rings. The minimum absolute atomic E-state index is 1.04. The SMILES string of the molecule is C/C=C/CCC1CCC(CCCCC2CCC(CC)CC2)CC1. The predicted octanol–water partition coefficient (Wildman–Crippen LogP) is 7.93. The van der Waals surface area contributed by atoms with Crippen LogP contribution in [0.25, 0.3) is 0 Å². The van der Waals surface area contributed by atoms with Crippen LogP contribution in [0.1, 0.15) is 110 Å². The summed E-state index contributed by atoms with van der Waals surface area (Å²) < 4.78 is 0. The summed E-state index contributed by atoms with van der Waals surface area (Å²) in [4.78, 5) is 0. The zero-order chi connectivity index (χ0) is 16.3. The van der Waals surface area contributed by atoms with Gasteiger partial charge in [-0.15, -0.1) is 0 Å². The molecule has 2 aliphatic carbocycles. The topological polar surface area (TPSA) is 0 Å². The first-order chi connectivity index (χ1) is 11.3. The summed E-state index contributed by atoms with van der Waals surface area (Å²) in [6.07, 6.45) is 27.1. The lowest BCUT2D eigenvalue weighted by atomic mass is 9.77. The second kappa shape index (κ2) is 11.3. The summed E-state index contributed by atoms with van der Waals surface area (Å²) in [5.41, 5.74) is 0. The molecule has 0 saturated heterocycles. The zero-order valence-corrected chi connectivity index (χ0v) is 16.1. The third-order valence-electron chi connectivity index (χ3n) is 6.96. The minimum Gasteiger partial charge on any atom is -0.0917 e. The maximum Gasteiger partial charge on any atom is -0.0348 e. The van der Waals surface area contributed by atoms with Gasteiger partial charge in [-0.1, -0.05) is 103 Å². The van der Waals surface area contributed by atoms with Crippen LogP contribution in [0.15, 0.2) is 12.2 Å². The van der Waals surface area contributed by atoms with E-state index < -0.39 is 0 Å². The van der Waals surface area contributed by atoms with Gasteiger partial charge in [-0.3, -0.25) is 0 Å². The molecule has 0 bridgehead atoms. The van der Waals surface area contributed by atoms with Crippen LogP contribution in [-0.2, 0) is 0 Å². The molecule has 23 heavy (non-hydrogen) atoms. The highest BCUT2D eigenvalue weighted by atomic mass is 14.3. The van der Waals surface area contributed by atoms with E-state index in [1.807, 2.05) is 0 Å². The average molecular weight is 319 g/mol. The van der Waals surface area contributed by atoms with Gasteiger partial charge in [0, 0.05) is 0 Å². The second-order valence-corrected chi connectivity index (χ2v) is 8.61. The molecule has 0 radical (unpaired) electrons. The largest absolute Gasteiger partial charge is 0.0917 e. The molecule has 0 aromatic rings. The van der Waals surface area contributed by atoms with Crippen molar-refractivity contribution in [3.8, 4) is 0 Å². The van der Waals surface area contributed by atoms with Crippen LogP contribution in [0.2, 0.25) is 0 Å². The maximum absolute atomic E-state index is 2.38. The van der Waals surface area contributed by atoms with Crippen molar-refractivity contribution in [2.45, 2.75) is 110 Å². The van der Waals surface area contributed by atoms with Crippen LogP contribution in [0.4, 0.5) is 0 Å². The first-order valence-corrected chi connectivity index (χ1v) is 10.9. The van der Waals surface area contributed by atoms with E-state index >= 15 is 0 Å². The Morgan fingerprint density at radius 1 is 0.652 bits per heavy atom. The van der Waals surface area contributed by atoms with Gasteiger partial charge < -0.3 is 0 Å². The van der Waals surface area contributed by atoms with Gasteiger partial charge in [-0.25, -0.2) is 0 Å². The van der Waals surface area contributed by atoms with Crippen molar-refractivity contribution in [3.05, 3.63) is 12.2 Å². The Balaban J connectivity index is 1.46. The van der Waals surface area contributed by atoms with Crippen molar-refractivity contribution in [2.75, 3.05) is 0 Å². The molecule has 0 aromatic heterocycles. The van der Waals surface area contributed by atoms with E-state index in [4.69, 9.17) is 0 Å². The molecule has 2 rings (SSSR count). The van der Waals surface area contributed by atoms with E-state index in [2.05, 4.69) is 26.0 Å². The number of rotatable bonds is 9. The molecule has 0 spiro atoms. The highest BCUT2D eigenvalue weighted by molar-refractivity contribution is 4.80. The van der Waals surface area contributed by atoms with Crippen molar-refractivity contribution in [1.82, 2.24) is 0 Å². The normalized spacial score (nSPS) is 32.4. The molecule has 0 nitrogen and oxygen atoms in total. The van der Waals surface area contributed by atoms with Crippen molar-refractivity contribution >= 4 is 0 Å². The maximum atomic E-state index is 2.38. The third-order valence-corrected chi connectivity index (χ3v) is 6.96. The lowest BCUT2D eigenvalue weighted by molar-refractivity contribution is 0.236. The molecule has 0 heteroatoms. The average Bonchev–Trinajstić information content (AvgIpc) is 2.61. The Morgan fingerprint density at radius 3 is 1.52 bits per heavy atom. The Kier molecular flexibility index (Phi) is 9.39. The molecule has 0 aromatic carbocycles. The molecular weight excluding hydrogens is 276 g/mol. The smallest absolute Gasteiger partial charge is 0.0348 e. The van der Waals surface area contributed by atoms with Crippen LogP contribution < -0.4 is 0 Å². The summed E-state index contributed by atoms with van der Waals surface area (Å²) in [5, 5.41) is 0. The van der Waals surface area contributed by atoms with Crippen molar-refractivity contribution in [2.24, 2.45) is 23.7 Å². The molecule has 0 heterocycles. The molecule has 2 saturated carbocycles. The third kappa shape index (κ3) is 7.44. The lowest BCUT2D eigenvalue weighted by Gasteiger charge is -2.29. The van der Waals surface area contributed by atoms with E-state index in [0.717, 1.165) is 23.7 Å². The van der Waals surface area contributed by atoms with E-state index in [9.17, 15) is 0 Å². The van der Waals surface area contributed by atoms with Crippen LogP contribution in [0, 0.1) is 23.7 Å². The molecule has 0 N–H and O–H groups in total. The van der Waals surface area contributed by atoms with Gasteiger partial charge >= 0.3 is 0 Å². The van der Waals surface area contributed by atoms with Gasteiger partial charge in [0.05, 0.1) is 0 Å². The fourth-order valence-electron chi connectivity index (χ4n) is 5.10. The Hall–Kier alpha value is -0.260. The van der Waals surface area contributed by atoms with Gasteiger partial charge in [0.1, 0.15) is 0 Å². The van der Waals surface area contributed by atoms with E-state index in [1.165, 1.54) is 96.3 Å². The van der Waals surface area contributed by atoms with E-state index in [-0.39, 0.29) is 0 Å². The summed E-state index contributed by atoms with van der Waals surface area (Å²) in [6.45, 7) is 4.52. The van der Waals surface area contributed by atoms with Gasteiger partial charge in [0.15, 0.2) is 0 Å². The minimum atomic E-state index is 1.04. The Morgan fingerprint density at radius 2 is 1.09 bits per heavy atom. The van der Waals surface area contributed by atoms with E-state index in [0.29, 0.717) is 0 Å². The van der Waals surface area contributed by atoms with Crippen LogP contribution in [0.5, 0.6) is 0 Å². The molecule has 0 unspecified atom stereocenters. The van der Waals surface area contributed by atoms with E-state index in [1.54, 1.807) is 0 Å². The predicted molar refractivity (Wildman–Crippen MR) is 104 cm³/mol. The number of hydrogen-bond donors (Lipinski definition) is 0. The fourth-order valence-corrected chi connectivity index (χ4v) is 5.10. The summed E-state index contributed by atoms with van der Waals surface area (Å²) in [7, 11) is 0. The van der Waals surface area contributed by atoms with Crippen LogP contribution in [-0.4, -0.2) is 0 Å². The highest BCUT2D eigenvalue weighted by Crippen LogP contribution is 2.36. The van der Waals surface area contributed by atoms with Crippen molar-refractivity contribution < 1.29 is 0 Å². The fraction of sp³-hybridized carbons (Fsp3) is 0.913. The molecule has 0 atom stereocenters. The Bertz CT molecular complexity index is 300. The highest BCUT2D eigenvalue weighted by Gasteiger charge is 2.21. The Labute approximate surface area is 146 Å². The van der Waals surface area contributed by atoms with Crippen molar-refractivity contribution in [1.29, 1.82) is 0 Å². The van der Waals surface area contributed by atoms with Gasteiger partial charge in [0.25, 0.3) is 0 Å². The molecular formula is C23H42. The van der Waals surface area contributed by atoms with Gasteiger partial charge in [0.2, 0.25) is 0 Å². The molecule has 2 fully saturated rings. The zero-order valence-electron chi connectivity index (χ0n) is 16.1. The van der Waals surface area contributed by atoms with Gasteiger partial charge in [-0.05, 0) is 43.4 Å². The number of allylic oxidation sites excluding steroid dienone is 2. The van der Waals surface area contributed by atoms with Crippen LogP contribution in [0.3, 0.4) is 0 Å². The quantitative estimate of drug-likeness (QED) is 0.299. The molecule has 0 amide bonds. The monoisotopic (exact) mass is 318 g/mol. The second-order valence-electron chi connectivity index (χ2n) is 8.61. The summed E-state index contributed by atoms with van der Waals surface area (Å²) in [5.74, 6) is 4.26. The first-order valence-electron chi connectivity index (χ1n) is 10.9. The first kappa shape index (κ1) is 19.1. The summed E-state index contributed by atoms with van der Waals surface area (Å²) >= 11 is 0. The summed E-state index contributed by atoms with van der Waals surface area (Å²) in [6, 6.07) is 0.